The zero-order valence-electron chi connectivity index (χ0n) is 11.5. The molecular weight excluding hydrogens is 280 g/mol. The average Bonchev–Trinajstić information content (AvgIpc) is 2.37. The first-order chi connectivity index (χ1) is 9.38. The van der Waals surface area contributed by atoms with Crippen LogP contribution in [0.1, 0.15) is 20.3 Å². The number of hydrogen-bond donors (Lipinski definition) is 2. The van der Waals surface area contributed by atoms with Crippen molar-refractivity contribution in [2.45, 2.75) is 25.2 Å². The number of anilines is 1. The number of benzene rings is 1. The predicted octanol–water partition coefficient (Wildman–Crippen LogP) is 1.34. The molecule has 0 unspecified atom stereocenters. The molecular formula is C13H18N2O4S. The van der Waals surface area contributed by atoms with Gasteiger partial charge in [0.1, 0.15) is 5.75 Å². The Balaban J connectivity index is 2.14. The number of amides is 1. The van der Waals surface area contributed by atoms with Crippen LogP contribution in [0.15, 0.2) is 23.1 Å². The highest BCUT2D eigenvalue weighted by atomic mass is 32.2. The summed E-state index contributed by atoms with van der Waals surface area (Å²) in [5.41, 5.74) is 0.488. The molecule has 0 spiro atoms. The third kappa shape index (κ3) is 3.49. The van der Waals surface area contributed by atoms with Crippen molar-refractivity contribution in [3.8, 4) is 5.75 Å². The fourth-order valence-corrected chi connectivity index (χ4v) is 2.85. The fourth-order valence-electron chi connectivity index (χ4n) is 1.79. The van der Waals surface area contributed by atoms with Gasteiger partial charge in [0.25, 0.3) is 5.91 Å². The normalized spacial score (nSPS) is 14.7. The first-order valence-corrected chi connectivity index (χ1v) is 7.93. The Morgan fingerprint density at radius 1 is 1.40 bits per heavy atom. The minimum atomic E-state index is -3.55. The summed E-state index contributed by atoms with van der Waals surface area (Å²) in [6.07, 6.45) is 0.775. The minimum Gasteiger partial charge on any atom is -0.482 e. The maximum absolute atomic E-state index is 12.1. The SMILES string of the molecule is CC(C)CCNS(=O)(=O)c1ccc2c(c1)OCC(=O)N2. The standard InChI is InChI=1S/C13H18N2O4S/c1-9(2)5-6-14-20(17,18)10-3-4-11-12(7-10)19-8-13(16)15-11/h3-4,7,9,14H,5-6,8H2,1-2H3,(H,15,16). The smallest absolute Gasteiger partial charge is 0.262 e. The molecule has 1 amide bonds. The third-order valence-corrected chi connectivity index (χ3v) is 4.37. The van der Waals surface area contributed by atoms with E-state index in [-0.39, 0.29) is 17.4 Å². The van der Waals surface area contributed by atoms with Crippen LogP contribution in [0.2, 0.25) is 0 Å². The molecule has 20 heavy (non-hydrogen) atoms. The molecule has 0 saturated carbocycles. The van der Waals surface area contributed by atoms with E-state index in [2.05, 4.69) is 10.0 Å². The van der Waals surface area contributed by atoms with Gasteiger partial charge in [-0.05, 0) is 24.5 Å². The molecule has 0 atom stereocenters. The van der Waals surface area contributed by atoms with E-state index >= 15 is 0 Å². The van der Waals surface area contributed by atoms with Crippen LogP contribution in [0.3, 0.4) is 0 Å². The van der Waals surface area contributed by atoms with E-state index < -0.39 is 10.0 Å². The van der Waals surface area contributed by atoms with Gasteiger partial charge in [-0.2, -0.15) is 0 Å². The van der Waals surface area contributed by atoms with Crippen molar-refractivity contribution in [2.24, 2.45) is 5.92 Å². The monoisotopic (exact) mass is 298 g/mol. The van der Waals surface area contributed by atoms with E-state index in [0.29, 0.717) is 23.9 Å². The Morgan fingerprint density at radius 2 is 2.15 bits per heavy atom. The van der Waals surface area contributed by atoms with Gasteiger partial charge in [0.15, 0.2) is 6.61 Å². The van der Waals surface area contributed by atoms with Gasteiger partial charge in [0, 0.05) is 12.6 Å². The van der Waals surface area contributed by atoms with Crippen LogP contribution < -0.4 is 14.8 Å². The number of ether oxygens (including phenoxy) is 1. The number of carbonyl (C=O) groups excluding carboxylic acids is 1. The summed E-state index contributed by atoms with van der Waals surface area (Å²) >= 11 is 0. The molecule has 110 valence electrons. The maximum atomic E-state index is 12.1. The van der Waals surface area contributed by atoms with Gasteiger partial charge in [0.2, 0.25) is 10.0 Å². The van der Waals surface area contributed by atoms with E-state index in [0.717, 1.165) is 6.42 Å². The Bertz CT molecular complexity index is 611. The molecule has 0 fully saturated rings. The van der Waals surface area contributed by atoms with Crippen molar-refractivity contribution >= 4 is 21.6 Å². The second kappa shape index (κ2) is 5.80. The van der Waals surface area contributed by atoms with Gasteiger partial charge in [-0.1, -0.05) is 13.8 Å². The lowest BCUT2D eigenvalue weighted by Crippen LogP contribution is -2.27. The summed E-state index contributed by atoms with van der Waals surface area (Å²) in [7, 11) is -3.55. The van der Waals surface area contributed by atoms with E-state index in [9.17, 15) is 13.2 Å². The van der Waals surface area contributed by atoms with Crippen LogP contribution in [0, 0.1) is 5.92 Å². The van der Waals surface area contributed by atoms with E-state index in [1.54, 1.807) is 0 Å². The van der Waals surface area contributed by atoms with Gasteiger partial charge in [-0.3, -0.25) is 4.79 Å². The molecule has 1 aromatic carbocycles. The molecule has 1 aliphatic heterocycles. The number of carbonyl (C=O) groups is 1. The number of sulfonamides is 1. The summed E-state index contributed by atoms with van der Waals surface area (Å²) < 4.78 is 32.0. The summed E-state index contributed by atoms with van der Waals surface area (Å²) in [6.45, 7) is 4.36. The Hall–Kier alpha value is -1.60. The van der Waals surface area contributed by atoms with E-state index in [4.69, 9.17) is 4.74 Å². The first kappa shape index (κ1) is 14.8. The van der Waals surface area contributed by atoms with Crippen molar-refractivity contribution < 1.29 is 17.9 Å². The highest BCUT2D eigenvalue weighted by Crippen LogP contribution is 2.30. The van der Waals surface area contributed by atoms with Crippen LogP contribution in [0.5, 0.6) is 5.75 Å². The van der Waals surface area contributed by atoms with Crippen molar-refractivity contribution in [1.29, 1.82) is 0 Å². The molecule has 6 nitrogen and oxygen atoms in total. The van der Waals surface area contributed by atoms with Gasteiger partial charge >= 0.3 is 0 Å². The van der Waals surface area contributed by atoms with Crippen molar-refractivity contribution in [3.05, 3.63) is 18.2 Å². The van der Waals surface area contributed by atoms with Gasteiger partial charge in [-0.15, -0.1) is 0 Å². The van der Waals surface area contributed by atoms with Crippen molar-refractivity contribution in [1.82, 2.24) is 4.72 Å². The molecule has 0 aromatic heterocycles. The molecule has 1 aromatic rings. The summed E-state index contributed by atoms with van der Waals surface area (Å²) in [5, 5.41) is 2.62. The Labute approximate surface area is 118 Å². The molecule has 2 N–H and O–H groups in total. The average molecular weight is 298 g/mol. The minimum absolute atomic E-state index is 0.0999. The van der Waals surface area contributed by atoms with E-state index in [1.165, 1.54) is 18.2 Å². The van der Waals surface area contributed by atoms with Crippen LogP contribution in [0.25, 0.3) is 0 Å². The molecule has 7 heteroatoms. The summed E-state index contributed by atoms with van der Waals surface area (Å²) in [5.74, 6) is 0.555. The quantitative estimate of drug-likeness (QED) is 0.859. The molecule has 2 rings (SSSR count). The first-order valence-electron chi connectivity index (χ1n) is 6.45. The molecule has 1 aliphatic rings. The number of rotatable bonds is 5. The second-order valence-corrected chi connectivity index (χ2v) is 6.84. The van der Waals surface area contributed by atoms with Crippen LogP contribution >= 0.6 is 0 Å². The topological polar surface area (TPSA) is 84.5 Å². The summed E-state index contributed by atoms with van der Waals surface area (Å²) in [4.78, 5) is 11.3. The van der Waals surface area contributed by atoms with Crippen LogP contribution in [0.4, 0.5) is 5.69 Å². The van der Waals surface area contributed by atoms with Gasteiger partial charge in [0.05, 0.1) is 10.6 Å². The van der Waals surface area contributed by atoms with Crippen LogP contribution in [-0.4, -0.2) is 27.5 Å². The fraction of sp³-hybridized carbons (Fsp3) is 0.462. The lowest BCUT2D eigenvalue weighted by atomic mass is 10.1. The third-order valence-electron chi connectivity index (χ3n) is 2.91. The molecule has 0 radical (unpaired) electrons. The highest BCUT2D eigenvalue weighted by Gasteiger charge is 2.20. The van der Waals surface area contributed by atoms with E-state index in [1.807, 2.05) is 13.8 Å². The second-order valence-electron chi connectivity index (χ2n) is 5.08. The largest absolute Gasteiger partial charge is 0.482 e. The Kier molecular flexibility index (Phi) is 4.29. The Morgan fingerprint density at radius 3 is 2.85 bits per heavy atom. The molecule has 0 aliphatic carbocycles. The molecule has 1 heterocycles. The van der Waals surface area contributed by atoms with Gasteiger partial charge < -0.3 is 10.1 Å². The number of fused-ring (bicyclic) bond motifs is 1. The predicted molar refractivity (Wildman–Crippen MR) is 75.2 cm³/mol. The number of nitrogens with one attached hydrogen (secondary N) is 2. The summed E-state index contributed by atoms with van der Waals surface area (Å²) in [6, 6.07) is 4.40. The maximum Gasteiger partial charge on any atom is 0.262 e. The lowest BCUT2D eigenvalue weighted by molar-refractivity contribution is -0.118. The number of hydrogen-bond acceptors (Lipinski definition) is 4. The van der Waals surface area contributed by atoms with Gasteiger partial charge in [-0.25, -0.2) is 13.1 Å². The van der Waals surface area contributed by atoms with Crippen LogP contribution in [-0.2, 0) is 14.8 Å². The lowest BCUT2D eigenvalue weighted by Gasteiger charge is -2.18. The zero-order chi connectivity index (χ0) is 14.8. The van der Waals surface area contributed by atoms with Crippen molar-refractivity contribution in [3.63, 3.8) is 0 Å². The molecule has 0 bridgehead atoms. The van der Waals surface area contributed by atoms with Crippen molar-refractivity contribution in [2.75, 3.05) is 18.5 Å². The molecule has 0 saturated heterocycles. The zero-order valence-corrected chi connectivity index (χ0v) is 12.3. The highest BCUT2D eigenvalue weighted by molar-refractivity contribution is 7.89.